The number of ketones is 1. The van der Waals surface area contributed by atoms with E-state index in [0.29, 0.717) is 0 Å². The van der Waals surface area contributed by atoms with Gasteiger partial charge in [0.05, 0.1) is 7.11 Å². The van der Waals surface area contributed by atoms with E-state index in [0.717, 1.165) is 6.07 Å². The fourth-order valence-electron chi connectivity index (χ4n) is 2.14. The van der Waals surface area contributed by atoms with Crippen LogP contribution in [-0.4, -0.2) is 18.9 Å². The lowest BCUT2D eigenvalue weighted by molar-refractivity contribution is -0.156. The van der Waals surface area contributed by atoms with E-state index in [-0.39, 0.29) is 29.2 Å². The van der Waals surface area contributed by atoms with E-state index >= 15 is 0 Å². The summed E-state index contributed by atoms with van der Waals surface area (Å²) in [6.45, 7) is 0. The zero-order valence-corrected chi connectivity index (χ0v) is 9.88. The molecule has 1 aliphatic rings. The van der Waals surface area contributed by atoms with Crippen LogP contribution in [0, 0.1) is 5.82 Å². The zero-order chi connectivity index (χ0) is 12.6. The summed E-state index contributed by atoms with van der Waals surface area (Å²) in [6, 6.07) is 4.05. The Bertz CT molecular complexity index is 491. The van der Waals surface area contributed by atoms with Gasteiger partial charge in [-0.15, -0.1) is 0 Å². The molecule has 1 aromatic carbocycles. The van der Waals surface area contributed by atoms with Gasteiger partial charge in [0.1, 0.15) is 17.0 Å². The molecular formula is C12H10ClFO3. The minimum Gasteiger partial charge on any atom is -0.468 e. The van der Waals surface area contributed by atoms with Gasteiger partial charge in [-0.2, -0.15) is 0 Å². The summed E-state index contributed by atoms with van der Waals surface area (Å²) in [7, 11) is 1.22. The number of methoxy groups -OCH3 is 1. The third-order valence-electron chi connectivity index (χ3n) is 3.02. The van der Waals surface area contributed by atoms with Crippen molar-refractivity contribution in [2.75, 3.05) is 7.11 Å². The van der Waals surface area contributed by atoms with Gasteiger partial charge in [0.15, 0.2) is 0 Å². The lowest BCUT2D eigenvalue weighted by Crippen LogP contribution is -2.49. The lowest BCUT2D eigenvalue weighted by Gasteiger charge is -2.37. The van der Waals surface area contributed by atoms with Crippen LogP contribution in [0.4, 0.5) is 4.39 Å². The Balaban J connectivity index is 2.47. The van der Waals surface area contributed by atoms with Crippen molar-refractivity contribution >= 4 is 23.4 Å². The Hall–Kier alpha value is -1.42. The van der Waals surface area contributed by atoms with E-state index in [4.69, 9.17) is 11.6 Å². The molecule has 0 N–H and O–H groups in total. The van der Waals surface area contributed by atoms with Gasteiger partial charge in [-0.1, -0.05) is 17.7 Å². The Morgan fingerprint density at radius 3 is 2.59 bits per heavy atom. The molecule has 1 aromatic rings. The fourth-order valence-corrected chi connectivity index (χ4v) is 2.30. The zero-order valence-electron chi connectivity index (χ0n) is 9.13. The minimum atomic E-state index is -1.17. The lowest BCUT2D eigenvalue weighted by atomic mass is 9.63. The molecule has 0 saturated heterocycles. The molecule has 90 valence electrons. The molecule has 3 nitrogen and oxygen atoms in total. The highest BCUT2D eigenvalue weighted by Gasteiger charge is 2.53. The first-order chi connectivity index (χ1) is 7.99. The van der Waals surface area contributed by atoms with Crippen LogP contribution in [0.15, 0.2) is 18.2 Å². The number of benzene rings is 1. The minimum absolute atomic E-state index is 0.0156. The Kier molecular flexibility index (Phi) is 2.91. The highest BCUT2D eigenvalue weighted by atomic mass is 35.5. The summed E-state index contributed by atoms with van der Waals surface area (Å²) in [6.07, 6.45) is -0.0313. The molecule has 1 fully saturated rings. The molecule has 5 heteroatoms. The molecule has 0 aliphatic heterocycles. The molecule has 1 aliphatic carbocycles. The number of ether oxygens (including phenoxy) is 1. The van der Waals surface area contributed by atoms with E-state index in [9.17, 15) is 14.0 Å². The van der Waals surface area contributed by atoms with Crippen LogP contribution in [-0.2, 0) is 19.7 Å². The first kappa shape index (κ1) is 12.0. The van der Waals surface area contributed by atoms with E-state index in [1.165, 1.54) is 19.2 Å². The normalized spacial score (nSPS) is 17.5. The summed E-state index contributed by atoms with van der Waals surface area (Å²) in [4.78, 5) is 22.9. The van der Waals surface area contributed by atoms with Crippen molar-refractivity contribution < 1.29 is 18.7 Å². The monoisotopic (exact) mass is 256 g/mol. The van der Waals surface area contributed by atoms with Crippen molar-refractivity contribution in [1.29, 1.82) is 0 Å². The number of Topliss-reactive ketones (excluding diaryl/α,β-unsaturated/α-hetero) is 1. The average molecular weight is 257 g/mol. The molecule has 0 heterocycles. The van der Waals surface area contributed by atoms with Gasteiger partial charge in [-0.3, -0.25) is 9.59 Å². The second kappa shape index (κ2) is 4.11. The summed E-state index contributed by atoms with van der Waals surface area (Å²) >= 11 is 5.65. The predicted octanol–water partition coefficient (Wildman–Crippen LogP) is 2.25. The standard InChI is InChI=1S/C12H10ClFO3/c1-17-11(16)12(5-8(15)6-12)9-3-2-7(13)4-10(9)14/h2-4H,5-6H2,1H3. The van der Waals surface area contributed by atoms with Gasteiger partial charge in [0.25, 0.3) is 0 Å². The molecule has 0 spiro atoms. The molecule has 0 bridgehead atoms. The third kappa shape index (κ3) is 1.82. The van der Waals surface area contributed by atoms with Crippen molar-refractivity contribution in [2.24, 2.45) is 0 Å². The maximum atomic E-state index is 13.8. The molecule has 2 rings (SSSR count). The highest BCUT2D eigenvalue weighted by Crippen LogP contribution is 2.43. The van der Waals surface area contributed by atoms with Crippen molar-refractivity contribution in [1.82, 2.24) is 0 Å². The van der Waals surface area contributed by atoms with Gasteiger partial charge in [0.2, 0.25) is 0 Å². The molecule has 0 amide bonds. The van der Waals surface area contributed by atoms with Crippen LogP contribution in [0.2, 0.25) is 5.02 Å². The first-order valence-corrected chi connectivity index (χ1v) is 5.43. The summed E-state index contributed by atoms with van der Waals surface area (Å²) in [5, 5.41) is 0.247. The van der Waals surface area contributed by atoms with E-state index in [1.807, 2.05) is 0 Å². The summed E-state index contributed by atoms with van der Waals surface area (Å²) in [5.41, 5.74) is -0.992. The topological polar surface area (TPSA) is 43.4 Å². The van der Waals surface area contributed by atoms with Gasteiger partial charge in [-0.05, 0) is 12.1 Å². The second-order valence-electron chi connectivity index (χ2n) is 4.09. The number of carbonyl (C=O) groups is 2. The number of hydrogen-bond acceptors (Lipinski definition) is 3. The van der Waals surface area contributed by atoms with Gasteiger partial charge in [0, 0.05) is 23.4 Å². The van der Waals surface area contributed by atoms with Gasteiger partial charge < -0.3 is 4.74 Å². The molecule has 0 unspecified atom stereocenters. The Morgan fingerprint density at radius 1 is 1.47 bits per heavy atom. The Labute approximate surface area is 103 Å². The van der Waals surface area contributed by atoms with Crippen molar-refractivity contribution in [3.05, 3.63) is 34.6 Å². The number of carbonyl (C=O) groups excluding carboxylic acids is 2. The highest BCUT2D eigenvalue weighted by molar-refractivity contribution is 6.30. The van der Waals surface area contributed by atoms with Crippen LogP contribution in [0.5, 0.6) is 0 Å². The summed E-state index contributed by atoms with van der Waals surface area (Å²) in [5.74, 6) is -1.25. The van der Waals surface area contributed by atoms with Crippen molar-refractivity contribution in [3.8, 4) is 0 Å². The van der Waals surface area contributed by atoms with Crippen LogP contribution >= 0.6 is 11.6 Å². The fraction of sp³-hybridized carbons (Fsp3) is 0.333. The number of rotatable bonds is 2. The Morgan fingerprint density at radius 2 is 2.12 bits per heavy atom. The molecule has 0 radical (unpaired) electrons. The SMILES string of the molecule is COC(=O)C1(c2ccc(Cl)cc2F)CC(=O)C1. The molecule has 1 saturated carbocycles. The van der Waals surface area contributed by atoms with Crippen LogP contribution < -0.4 is 0 Å². The molecule has 17 heavy (non-hydrogen) atoms. The smallest absolute Gasteiger partial charge is 0.317 e. The summed E-state index contributed by atoms with van der Waals surface area (Å²) < 4.78 is 18.4. The maximum absolute atomic E-state index is 13.8. The molecule has 0 aromatic heterocycles. The van der Waals surface area contributed by atoms with Crippen LogP contribution in [0.25, 0.3) is 0 Å². The molecular weight excluding hydrogens is 247 g/mol. The quantitative estimate of drug-likeness (QED) is 0.763. The van der Waals surface area contributed by atoms with Crippen molar-refractivity contribution in [2.45, 2.75) is 18.3 Å². The number of hydrogen-bond donors (Lipinski definition) is 0. The first-order valence-electron chi connectivity index (χ1n) is 5.05. The van der Waals surface area contributed by atoms with Gasteiger partial charge in [-0.25, -0.2) is 4.39 Å². The van der Waals surface area contributed by atoms with Crippen LogP contribution in [0.3, 0.4) is 0 Å². The maximum Gasteiger partial charge on any atom is 0.317 e. The van der Waals surface area contributed by atoms with E-state index < -0.39 is 17.2 Å². The van der Waals surface area contributed by atoms with E-state index in [1.54, 1.807) is 0 Å². The third-order valence-corrected chi connectivity index (χ3v) is 3.26. The largest absolute Gasteiger partial charge is 0.468 e. The van der Waals surface area contributed by atoms with Crippen molar-refractivity contribution in [3.63, 3.8) is 0 Å². The van der Waals surface area contributed by atoms with E-state index in [2.05, 4.69) is 4.74 Å². The van der Waals surface area contributed by atoms with Gasteiger partial charge >= 0.3 is 5.97 Å². The van der Waals surface area contributed by atoms with Crippen LogP contribution in [0.1, 0.15) is 18.4 Å². The number of halogens is 2. The average Bonchev–Trinajstić information content (AvgIpc) is 2.24. The number of esters is 1. The molecule has 0 atom stereocenters. The second-order valence-corrected chi connectivity index (χ2v) is 4.53. The predicted molar refractivity (Wildman–Crippen MR) is 59.3 cm³/mol.